The Labute approximate surface area is 290 Å². The molecular weight excluding hydrogens is 732 g/mol. The summed E-state index contributed by atoms with van der Waals surface area (Å²) in [7, 11) is -13.5. The first-order chi connectivity index (χ1) is 23.4. The van der Waals surface area contributed by atoms with Gasteiger partial charge in [-0.05, 0) is 0 Å². The molecule has 18 nitrogen and oxygen atoms in total. The summed E-state index contributed by atoms with van der Waals surface area (Å²) in [6.07, 6.45) is -2.71. The van der Waals surface area contributed by atoms with Crippen molar-refractivity contribution in [1.29, 1.82) is 0 Å². The summed E-state index contributed by atoms with van der Waals surface area (Å²) in [5.74, 6) is -1.08. The molecule has 0 aromatic heterocycles. The van der Waals surface area contributed by atoms with Crippen molar-refractivity contribution in [3.8, 4) is 0 Å². The second-order valence-electron chi connectivity index (χ2n) is 12.1. The van der Waals surface area contributed by atoms with E-state index in [1.165, 1.54) is 0 Å². The van der Waals surface area contributed by atoms with Crippen molar-refractivity contribution >= 4 is 43.6 Å². The maximum atomic E-state index is 13.5. The molecule has 5 aliphatic rings. The normalized spacial score (nSPS) is 33.6. The Morgan fingerprint density at radius 3 is 1.06 bits per heavy atom. The molecule has 290 valence electrons. The standard InChI is InChI=1S/C27H56N2O16P4/c1-9-34-46(38-18(5)39-46)25(47(35-10-2)40-19(6)41-47)13-23(30)28-15-22(27-32-17-33-27)16-29-24(31)14-26(48(36-11-3)42-20(7)43-48)49(37-12-4)44-21(8)45-49/h18-22,25-27,46-49H,9-17H2,1-8H3,(H,28,30)(H,29,31). The fourth-order valence-corrected chi connectivity index (χ4v) is 22.5. The van der Waals surface area contributed by atoms with Crippen molar-refractivity contribution in [2.45, 2.75) is 110 Å². The number of amides is 2. The Morgan fingerprint density at radius 2 is 0.857 bits per heavy atom. The monoisotopic (exact) mass is 788 g/mol. The Balaban J connectivity index is 1.23. The van der Waals surface area contributed by atoms with E-state index >= 15 is 0 Å². The van der Waals surface area contributed by atoms with Gasteiger partial charge in [-0.3, -0.25) is 0 Å². The SMILES string of the molecule is CCO[PH]1(C(CC(=O)NCC(CNC(=O)CC([PH]2(OCC)OC(C)O2)[PH]2(OCC)OC(C)O2)C2OCO2)[PH]2(OCC)OC(C)O2)OC(C)O1. The Morgan fingerprint density at radius 1 is 0.571 bits per heavy atom. The Bertz CT molecular complexity index is 962. The number of hydrogen-bond donors (Lipinski definition) is 2. The van der Waals surface area contributed by atoms with E-state index in [-0.39, 0.29) is 44.5 Å². The van der Waals surface area contributed by atoms with Gasteiger partial charge in [0, 0.05) is 0 Å². The third-order valence-electron chi connectivity index (χ3n) is 8.48. The molecule has 0 bridgehead atoms. The summed E-state index contributed by atoms with van der Waals surface area (Å²) in [6.45, 7) is 16.0. The first kappa shape index (κ1) is 40.3. The predicted octanol–water partition coefficient (Wildman–Crippen LogP) is 4.29. The first-order valence-electron chi connectivity index (χ1n) is 17.1. The van der Waals surface area contributed by atoms with E-state index in [9.17, 15) is 9.59 Å². The number of rotatable bonds is 21. The average Bonchev–Trinajstić information content (AvgIpc) is 2.95. The molecule has 5 aliphatic heterocycles. The molecule has 5 saturated heterocycles. The van der Waals surface area contributed by atoms with E-state index < -0.39 is 79.9 Å². The van der Waals surface area contributed by atoms with Crippen LogP contribution in [-0.4, -0.2) is 100 Å². The van der Waals surface area contributed by atoms with Crippen molar-refractivity contribution in [2.75, 3.05) is 46.3 Å². The Kier molecular flexibility index (Phi) is 14.0. The van der Waals surface area contributed by atoms with Gasteiger partial charge >= 0.3 is 290 Å². The molecule has 0 aromatic carbocycles. The van der Waals surface area contributed by atoms with Crippen molar-refractivity contribution in [2.24, 2.45) is 5.92 Å². The summed E-state index contributed by atoms with van der Waals surface area (Å²) >= 11 is 0. The third kappa shape index (κ3) is 8.75. The molecule has 49 heavy (non-hydrogen) atoms. The van der Waals surface area contributed by atoms with Crippen LogP contribution in [0.2, 0.25) is 0 Å². The van der Waals surface area contributed by atoms with E-state index in [2.05, 4.69) is 10.6 Å². The fourth-order valence-electron chi connectivity index (χ4n) is 6.64. The first-order valence-corrected chi connectivity index (χ1v) is 24.3. The van der Waals surface area contributed by atoms with Gasteiger partial charge in [-0.25, -0.2) is 0 Å². The zero-order chi connectivity index (χ0) is 35.5. The van der Waals surface area contributed by atoms with Gasteiger partial charge < -0.3 is 0 Å². The van der Waals surface area contributed by atoms with Crippen LogP contribution in [0.5, 0.6) is 0 Å². The zero-order valence-electron chi connectivity index (χ0n) is 29.5. The van der Waals surface area contributed by atoms with Crippen LogP contribution >= 0.6 is 31.8 Å². The summed E-state index contributed by atoms with van der Waals surface area (Å²) in [5.41, 5.74) is 0. The van der Waals surface area contributed by atoms with Gasteiger partial charge in [0.25, 0.3) is 0 Å². The van der Waals surface area contributed by atoms with Gasteiger partial charge in [0.1, 0.15) is 0 Å². The summed E-state index contributed by atoms with van der Waals surface area (Å²) in [6, 6.07) is 0. The van der Waals surface area contributed by atoms with E-state index in [1.807, 2.05) is 27.7 Å². The van der Waals surface area contributed by atoms with Gasteiger partial charge in [0.15, 0.2) is 0 Å². The van der Waals surface area contributed by atoms with E-state index in [4.69, 9.17) is 63.8 Å². The van der Waals surface area contributed by atoms with Crippen molar-refractivity contribution < 1.29 is 73.3 Å². The van der Waals surface area contributed by atoms with Gasteiger partial charge in [-0.15, -0.1) is 0 Å². The van der Waals surface area contributed by atoms with Gasteiger partial charge in [0.2, 0.25) is 0 Å². The number of nitrogens with one attached hydrogen (secondary N) is 2. The van der Waals surface area contributed by atoms with E-state index in [0.29, 0.717) is 26.4 Å². The molecule has 5 fully saturated rings. The second kappa shape index (κ2) is 17.1. The summed E-state index contributed by atoms with van der Waals surface area (Å²) in [4.78, 5) is 27.1. The average molecular weight is 789 g/mol. The molecule has 0 aliphatic carbocycles. The molecule has 0 aromatic rings. The molecule has 5 heterocycles. The van der Waals surface area contributed by atoms with Gasteiger partial charge in [0.05, 0.1) is 0 Å². The molecule has 0 spiro atoms. The molecule has 2 amide bonds. The maximum absolute atomic E-state index is 13.5. The van der Waals surface area contributed by atoms with E-state index in [0.717, 1.165) is 0 Å². The van der Waals surface area contributed by atoms with Crippen LogP contribution in [0.4, 0.5) is 0 Å². The summed E-state index contributed by atoms with van der Waals surface area (Å²) in [5, 5.41) is 4.58. The molecule has 0 saturated carbocycles. The molecule has 5 rings (SSSR count). The number of hydrogen-bond acceptors (Lipinski definition) is 16. The predicted molar refractivity (Wildman–Crippen MR) is 183 cm³/mol. The van der Waals surface area contributed by atoms with Crippen LogP contribution in [0, 0.1) is 5.92 Å². The van der Waals surface area contributed by atoms with Crippen molar-refractivity contribution in [1.82, 2.24) is 10.6 Å². The molecular formula is C27H56N2O16P4. The van der Waals surface area contributed by atoms with Crippen LogP contribution in [0.1, 0.15) is 68.2 Å². The van der Waals surface area contributed by atoms with Crippen LogP contribution in [0.15, 0.2) is 0 Å². The number of carbonyl (C=O) groups is 2. The number of ether oxygens (including phenoxy) is 2. The van der Waals surface area contributed by atoms with Crippen molar-refractivity contribution in [3.63, 3.8) is 0 Å². The van der Waals surface area contributed by atoms with Crippen LogP contribution in [0.25, 0.3) is 0 Å². The summed E-state index contributed by atoms with van der Waals surface area (Å²) < 4.78 is 83.9. The molecule has 22 heteroatoms. The van der Waals surface area contributed by atoms with E-state index in [1.54, 1.807) is 27.7 Å². The topological polar surface area (TPSA) is 187 Å². The minimum absolute atomic E-state index is 0.0733. The molecule has 0 radical (unpaired) electrons. The minimum atomic E-state index is -3.37. The van der Waals surface area contributed by atoms with Gasteiger partial charge in [-0.1, -0.05) is 0 Å². The van der Waals surface area contributed by atoms with Crippen LogP contribution < -0.4 is 10.6 Å². The quantitative estimate of drug-likeness (QED) is 0.157. The van der Waals surface area contributed by atoms with Gasteiger partial charge in [-0.2, -0.15) is 0 Å². The van der Waals surface area contributed by atoms with Crippen molar-refractivity contribution in [3.05, 3.63) is 0 Å². The zero-order valence-corrected chi connectivity index (χ0v) is 33.5. The molecule has 0 unspecified atom stereocenters. The Hall–Kier alpha value is 0.100. The fraction of sp³-hybridized carbons (Fsp3) is 0.926. The second-order valence-corrected chi connectivity index (χ2v) is 23.9. The van der Waals surface area contributed by atoms with Crippen LogP contribution in [-0.2, 0) is 73.3 Å². The molecule has 0 atom stereocenters. The third-order valence-corrected chi connectivity index (χ3v) is 25.0. The number of carbonyl (C=O) groups excluding carboxylic acids is 2. The van der Waals surface area contributed by atoms with Crippen LogP contribution in [0.3, 0.4) is 0 Å². The molecule has 2 N–H and O–H groups in total.